The summed E-state index contributed by atoms with van der Waals surface area (Å²) in [5, 5.41) is 10.9. The summed E-state index contributed by atoms with van der Waals surface area (Å²) in [4.78, 5) is 10.4. The van der Waals surface area contributed by atoms with Gasteiger partial charge in [0, 0.05) is 24.9 Å². The van der Waals surface area contributed by atoms with Gasteiger partial charge in [-0.25, -0.2) is 4.79 Å². The maximum Gasteiger partial charge on any atom is 0.404 e. The van der Waals surface area contributed by atoms with Crippen molar-refractivity contribution in [1.82, 2.24) is 5.32 Å². The van der Waals surface area contributed by atoms with Crippen molar-refractivity contribution in [3.05, 3.63) is 24.3 Å². The minimum Gasteiger partial charge on any atom is -0.490 e. The summed E-state index contributed by atoms with van der Waals surface area (Å²) in [6.45, 7) is -2.87. The fourth-order valence-corrected chi connectivity index (χ4v) is 1.87. The Morgan fingerprint density at radius 3 is 2.68 bits per heavy atom. The predicted molar refractivity (Wildman–Crippen MR) is 61.7 cm³/mol. The number of benzene rings is 1. The molecule has 2 N–H and O–H groups in total. The Morgan fingerprint density at radius 2 is 2.05 bits per heavy atom. The molecule has 104 valence electrons. The number of rotatable bonds is 5. The van der Waals surface area contributed by atoms with Gasteiger partial charge in [0.25, 0.3) is 0 Å². The molecule has 1 saturated carbocycles. The van der Waals surface area contributed by atoms with Crippen LogP contribution in [-0.2, 0) is 0 Å². The average molecular weight is 273 g/mol. The zero-order chi connectivity index (χ0) is 13.8. The zero-order valence-corrected chi connectivity index (χ0v) is 9.88. The van der Waals surface area contributed by atoms with E-state index >= 15 is 0 Å². The summed E-state index contributed by atoms with van der Waals surface area (Å²) < 4.78 is 33.9. The van der Waals surface area contributed by atoms with Crippen molar-refractivity contribution in [2.24, 2.45) is 0 Å². The Morgan fingerprint density at radius 1 is 1.37 bits per heavy atom. The van der Waals surface area contributed by atoms with E-state index in [1.165, 1.54) is 12.1 Å². The van der Waals surface area contributed by atoms with Crippen LogP contribution < -0.4 is 14.8 Å². The Bertz CT molecular complexity index is 449. The van der Waals surface area contributed by atoms with E-state index in [2.05, 4.69) is 10.1 Å². The largest absolute Gasteiger partial charge is 0.490 e. The van der Waals surface area contributed by atoms with Gasteiger partial charge in [0.15, 0.2) is 0 Å². The average Bonchev–Trinajstić information content (AvgIpc) is 2.25. The Kier molecular flexibility index (Phi) is 4.03. The fraction of sp³-hybridized carbons (Fsp3) is 0.417. The van der Waals surface area contributed by atoms with Gasteiger partial charge in [0.05, 0.1) is 0 Å². The Balaban J connectivity index is 1.82. The standard InChI is InChI=1S/C12H13F2NO4/c13-11(14)19-9-3-1-2-8(6-9)18-10-4-7(5-10)15-12(16)17/h1-3,6-7,10-11,15H,4-5H2,(H,16,17)/t7-,10-. The molecule has 0 bridgehead atoms. The molecular weight excluding hydrogens is 260 g/mol. The molecule has 1 amide bonds. The maximum absolute atomic E-state index is 12.0. The second-order valence-corrected chi connectivity index (χ2v) is 4.21. The van der Waals surface area contributed by atoms with Gasteiger partial charge in [-0.2, -0.15) is 8.78 Å². The summed E-state index contributed by atoms with van der Waals surface area (Å²) >= 11 is 0. The minimum absolute atomic E-state index is 0.0343. The Labute approximate surface area is 108 Å². The third kappa shape index (κ3) is 3.97. The SMILES string of the molecule is O=C(O)N[C@H]1C[C@H](Oc2cccc(OC(F)F)c2)C1. The molecular formula is C12H13F2NO4. The van der Waals surface area contributed by atoms with E-state index in [-0.39, 0.29) is 17.9 Å². The number of nitrogens with one attached hydrogen (secondary N) is 1. The lowest BCUT2D eigenvalue weighted by atomic mass is 9.89. The molecule has 7 heteroatoms. The molecule has 0 saturated heterocycles. The zero-order valence-electron chi connectivity index (χ0n) is 9.88. The third-order valence-corrected chi connectivity index (χ3v) is 2.76. The number of carbonyl (C=O) groups is 1. The van der Waals surface area contributed by atoms with Gasteiger partial charge < -0.3 is 19.9 Å². The van der Waals surface area contributed by atoms with Crippen molar-refractivity contribution in [2.45, 2.75) is 31.6 Å². The lowest BCUT2D eigenvalue weighted by Crippen LogP contribution is -2.48. The molecule has 0 unspecified atom stereocenters. The number of carboxylic acid groups (broad SMARTS) is 1. The molecule has 1 aromatic carbocycles. The van der Waals surface area contributed by atoms with Gasteiger partial charge in [0.1, 0.15) is 17.6 Å². The van der Waals surface area contributed by atoms with Crippen LogP contribution in [0.5, 0.6) is 11.5 Å². The van der Waals surface area contributed by atoms with E-state index in [4.69, 9.17) is 9.84 Å². The van der Waals surface area contributed by atoms with Crippen LogP contribution in [0.1, 0.15) is 12.8 Å². The van der Waals surface area contributed by atoms with Crippen molar-refractivity contribution in [2.75, 3.05) is 0 Å². The first-order valence-electron chi connectivity index (χ1n) is 5.74. The molecule has 1 aliphatic rings. The fourth-order valence-electron chi connectivity index (χ4n) is 1.87. The van der Waals surface area contributed by atoms with Crippen molar-refractivity contribution >= 4 is 6.09 Å². The number of ether oxygens (including phenoxy) is 2. The Hall–Kier alpha value is -2.05. The van der Waals surface area contributed by atoms with Crippen LogP contribution in [0, 0.1) is 0 Å². The van der Waals surface area contributed by atoms with E-state index in [1.807, 2.05) is 0 Å². The highest BCUT2D eigenvalue weighted by Crippen LogP contribution is 2.28. The van der Waals surface area contributed by atoms with Gasteiger partial charge in [0.2, 0.25) is 0 Å². The molecule has 19 heavy (non-hydrogen) atoms. The second kappa shape index (κ2) is 5.73. The molecule has 2 rings (SSSR count). The van der Waals surface area contributed by atoms with E-state index in [0.29, 0.717) is 18.6 Å². The van der Waals surface area contributed by atoms with E-state index in [9.17, 15) is 13.6 Å². The second-order valence-electron chi connectivity index (χ2n) is 4.21. The van der Waals surface area contributed by atoms with Gasteiger partial charge in [-0.1, -0.05) is 6.07 Å². The molecule has 0 aliphatic heterocycles. The van der Waals surface area contributed by atoms with Crippen LogP contribution in [0.2, 0.25) is 0 Å². The molecule has 1 aromatic rings. The number of halogens is 2. The number of amides is 1. The summed E-state index contributed by atoms with van der Waals surface area (Å²) in [5.41, 5.74) is 0. The molecule has 0 atom stereocenters. The third-order valence-electron chi connectivity index (χ3n) is 2.76. The maximum atomic E-state index is 12.0. The number of hydrogen-bond acceptors (Lipinski definition) is 3. The van der Waals surface area contributed by atoms with E-state index in [0.717, 1.165) is 0 Å². The van der Waals surface area contributed by atoms with E-state index in [1.54, 1.807) is 12.1 Å². The molecule has 1 aliphatic carbocycles. The van der Waals surface area contributed by atoms with Crippen LogP contribution in [0.25, 0.3) is 0 Å². The topological polar surface area (TPSA) is 67.8 Å². The molecule has 0 radical (unpaired) electrons. The lowest BCUT2D eigenvalue weighted by molar-refractivity contribution is -0.0500. The van der Waals surface area contributed by atoms with Gasteiger partial charge >= 0.3 is 12.7 Å². The quantitative estimate of drug-likeness (QED) is 0.864. The highest BCUT2D eigenvalue weighted by atomic mass is 19.3. The molecule has 1 fully saturated rings. The number of alkyl halides is 2. The first-order chi connectivity index (χ1) is 9.02. The van der Waals surface area contributed by atoms with Crippen molar-refractivity contribution in [1.29, 1.82) is 0 Å². The highest BCUT2D eigenvalue weighted by Gasteiger charge is 2.32. The molecule has 0 spiro atoms. The van der Waals surface area contributed by atoms with Gasteiger partial charge in [-0.05, 0) is 12.1 Å². The smallest absolute Gasteiger partial charge is 0.404 e. The molecule has 0 aromatic heterocycles. The van der Waals surface area contributed by atoms with E-state index < -0.39 is 12.7 Å². The first-order valence-corrected chi connectivity index (χ1v) is 5.74. The van der Waals surface area contributed by atoms with Gasteiger partial charge in [-0.3, -0.25) is 0 Å². The lowest BCUT2D eigenvalue weighted by Gasteiger charge is -2.35. The van der Waals surface area contributed by atoms with Crippen molar-refractivity contribution in [3.63, 3.8) is 0 Å². The van der Waals surface area contributed by atoms with Crippen LogP contribution in [0.15, 0.2) is 24.3 Å². The summed E-state index contributed by atoms with van der Waals surface area (Å²) in [6.07, 6.45) is -0.0483. The van der Waals surface area contributed by atoms with Crippen LogP contribution >= 0.6 is 0 Å². The van der Waals surface area contributed by atoms with Crippen LogP contribution in [0.3, 0.4) is 0 Å². The van der Waals surface area contributed by atoms with Crippen molar-refractivity contribution < 1.29 is 28.2 Å². The van der Waals surface area contributed by atoms with Crippen LogP contribution in [0.4, 0.5) is 13.6 Å². The number of hydrogen-bond donors (Lipinski definition) is 2. The predicted octanol–water partition coefficient (Wildman–Crippen LogP) is 2.47. The molecule has 5 nitrogen and oxygen atoms in total. The van der Waals surface area contributed by atoms with Gasteiger partial charge in [-0.15, -0.1) is 0 Å². The first kappa shape index (κ1) is 13.4. The summed E-state index contributed by atoms with van der Waals surface area (Å²) in [7, 11) is 0. The van der Waals surface area contributed by atoms with Crippen molar-refractivity contribution in [3.8, 4) is 11.5 Å². The summed E-state index contributed by atoms with van der Waals surface area (Å²) in [5.74, 6) is 0.462. The minimum atomic E-state index is -2.87. The highest BCUT2D eigenvalue weighted by molar-refractivity contribution is 5.65. The monoisotopic (exact) mass is 273 g/mol. The normalized spacial score (nSPS) is 21.6. The summed E-state index contributed by atoms with van der Waals surface area (Å²) in [6, 6.07) is 5.87. The van der Waals surface area contributed by atoms with Crippen LogP contribution in [-0.4, -0.2) is 30.0 Å². The molecule has 0 heterocycles.